The molecular formula is C21H25BrN2O4S. The number of carbonyl (C=O) groups excluding carboxylic acids is 2. The van der Waals surface area contributed by atoms with Crippen LogP contribution in [0.4, 0.5) is 11.4 Å². The van der Waals surface area contributed by atoms with Crippen LogP contribution in [0.1, 0.15) is 34.1 Å². The maximum atomic E-state index is 12.9. The lowest BCUT2D eigenvalue weighted by Gasteiger charge is -2.24. The Labute approximate surface area is 180 Å². The first-order valence-electron chi connectivity index (χ1n) is 9.15. The van der Waals surface area contributed by atoms with Crippen molar-refractivity contribution in [3.05, 3.63) is 53.0 Å². The molecule has 6 nitrogen and oxygen atoms in total. The van der Waals surface area contributed by atoms with E-state index in [-0.39, 0.29) is 16.7 Å². The van der Waals surface area contributed by atoms with Crippen molar-refractivity contribution in [2.75, 3.05) is 10.6 Å². The van der Waals surface area contributed by atoms with Gasteiger partial charge in [0.1, 0.15) is 4.75 Å². The lowest BCUT2D eigenvalue weighted by Crippen LogP contribution is -2.44. The van der Waals surface area contributed by atoms with E-state index in [4.69, 9.17) is 0 Å². The quantitative estimate of drug-likeness (QED) is 0.604. The maximum Gasteiger partial charge on any atom is 0.245 e. The summed E-state index contributed by atoms with van der Waals surface area (Å²) in [6.45, 7) is 6.67. The van der Waals surface area contributed by atoms with Crippen molar-refractivity contribution in [3.8, 4) is 0 Å². The summed E-state index contributed by atoms with van der Waals surface area (Å²) in [6.07, 6.45) is 0.417. The van der Waals surface area contributed by atoms with E-state index in [9.17, 15) is 18.0 Å². The molecule has 0 aliphatic rings. The lowest BCUT2D eigenvalue weighted by molar-refractivity contribution is -0.118. The summed E-state index contributed by atoms with van der Waals surface area (Å²) in [6, 6.07) is 12.7. The van der Waals surface area contributed by atoms with Gasteiger partial charge in [0.15, 0.2) is 9.84 Å². The van der Waals surface area contributed by atoms with Gasteiger partial charge in [-0.2, -0.15) is 0 Å². The van der Waals surface area contributed by atoms with Crippen LogP contribution in [-0.4, -0.2) is 25.0 Å². The first-order valence-corrected chi connectivity index (χ1v) is 11.4. The SMILES string of the molecule is CC(C)CC(=O)Nc1ccc(NC(=O)C(C)(C)S(=O)(=O)c2ccc(Br)cc2)cc1. The fraction of sp³-hybridized carbons (Fsp3) is 0.333. The van der Waals surface area contributed by atoms with Crippen molar-refractivity contribution < 1.29 is 18.0 Å². The average Bonchev–Trinajstić information content (AvgIpc) is 2.62. The van der Waals surface area contributed by atoms with Gasteiger partial charge in [0, 0.05) is 22.3 Å². The molecular weight excluding hydrogens is 456 g/mol. The van der Waals surface area contributed by atoms with Gasteiger partial charge in [0.25, 0.3) is 0 Å². The molecule has 0 spiro atoms. The minimum atomic E-state index is -3.90. The fourth-order valence-corrected chi connectivity index (χ4v) is 4.17. The second-order valence-corrected chi connectivity index (χ2v) is 11.1. The van der Waals surface area contributed by atoms with E-state index in [2.05, 4.69) is 26.6 Å². The van der Waals surface area contributed by atoms with Gasteiger partial charge in [-0.15, -0.1) is 0 Å². The van der Waals surface area contributed by atoms with Crippen molar-refractivity contribution in [1.29, 1.82) is 0 Å². The van der Waals surface area contributed by atoms with Crippen LogP contribution in [0.2, 0.25) is 0 Å². The number of rotatable bonds is 7. The van der Waals surface area contributed by atoms with E-state index in [0.717, 1.165) is 4.47 Å². The molecule has 0 saturated carbocycles. The predicted molar refractivity (Wildman–Crippen MR) is 119 cm³/mol. The largest absolute Gasteiger partial charge is 0.326 e. The molecule has 0 aliphatic carbocycles. The molecule has 2 aromatic carbocycles. The molecule has 2 amide bonds. The Bertz CT molecular complexity index is 982. The van der Waals surface area contributed by atoms with Gasteiger partial charge in [0.05, 0.1) is 4.90 Å². The lowest BCUT2D eigenvalue weighted by atomic mass is 10.1. The normalized spacial score (nSPS) is 11.9. The van der Waals surface area contributed by atoms with Crippen LogP contribution < -0.4 is 10.6 Å². The number of nitrogens with one attached hydrogen (secondary N) is 2. The molecule has 0 atom stereocenters. The summed E-state index contributed by atoms with van der Waals surface area (Å²) in [4.78, 5) is 24.6. The van der Waals surface area contributed by atoms with Crippen molar-refractivity contribution in [2.45, 2.75) is 43.8 Å². The molecule has 0 aliphatic heterocycles. The zero-order chi connectivity index (χ0) is 21.8. The van der Waals surface area contributed by atoms with Crippen LogP contribution in [0, 0.1) is 5.92 Å². The molecule has 2 aromatic rings. The summed E-state index contributed by atoms with van der Waals surface area (Å²) in [5, 5.41) is 5.43. The molecule has 156 valence electrons. The highest BCUT2D eigenvalue weighted by Crippen LogP contribution is 2.28. The average molecular weight is 481 g/mol. The van der Waals surface area contributed by atoms with Crippen LogP contribution in [0.3, 0.4) is 0 Å². The molecule has 8 heteroatoms. The zero-order valence-electron chi connectivity index (χ0n) is 16.8. The summed E-state index contributed by atoms with van der Waals surface area (Å²) < 4.78 is 24.9. The minimum absolute atomic E-state index is 0.0732. The van der Waals surface area contributed by atoms with Gasteiger partial charge >= 0.3 is 0 Å². The third-order valence-electron chi connectivity index (χ3n) is 4.36. The van der Waals surface area contributed by atoms with Crippen LogP contribution in [0.15, 0.2) is 57.9 Å². The predicted octanol–water partition coefficient (Wildman–Crippen LogP) is 4.62. The Hall–Kier alpha value is -2.19. The number of benzene rings is 2. The van der Waals surface area contributed by atoms with Crippen LogP contribution >= 0.6 is 15.9 Å². The van der Waals surface area contributed by atoms with E-state index < -0.39 is 20.5 Å². The number of sulfone groups is 1. The number of amides is 2. The molecule has 0 fully saturated rings. The highest BCUT2D eigenvalue weighted by atomic mass is 79.9. The molecule has 2 rings (SSSR count). The first kappa shape index (κ1) is 23.1. The molecule has 29 heavy (non-hydrogen) atoms. The Morgan fingerprint density at radius 2 is 1.41 bits per heavy atom. The fourth-order valence-electron chi connectivity index (χ4n) is 2.53. The Kier molecular flexibility index (Phi) is 7.24. The monoisotopic (exact) mass is 480 g/mol. The van der Waals surface area contributed by atoms with Crippen LogP contribution in [0.25, 0.3) is 0 Å². The zero-order valence-corrected chi connectivity index (χ0v) is 19.2. The molecule has 0 aromatic heterocycles. The van der Waals surface area contributed by atoms with Gasteiger partial charge in [-0.25, -0.2) is 8.42 Å². The molecule has 0 radical (unpaired) electrons. The standard InChI is InChI=1S/C21H25BrN2O4S/c1-14(2)13-19(25)23-16-7-9-17(10-8-16)24-20(26)21(3,4)29(27,28)18-11-5-15(22)6-12-18/h5-12,14H,13H2,1-4H3,(H,23,25)(H,24,26). The molecule has 0 unspecified atom stereocenters. The van der Waals surface area contributed by atoms with E-state index in [1.807, 2.05) is 13.8 Å². The van der Waals surface area contributed by atoms with Gasteiger partial charge in [-0.1, -0.05) is 29.8 Å². The highest BCUT2D eigenvalue weighted by molar-refractivity contribution is 9.10. The van der Waals surface area contributed by atoms with Crippen LogP contribution in [-0.2, 0) is 19.4 Å². The number of hydrogen-bond acceptors (Lipinski definition) is 4. The summed E-state index contributed by atoms with van der Waals surface area (Å²) in [7, 11) is -3.90. The van der Waals surface area contributed by atoms with Crippen molar-refractivity contribution in [1.82, 2.24) is 0 Å². The smallest absolute Gasteiger partial charge is 0.245 e. The van der Waals surface area contributed by atoms with E-state index in [0.29, 0.717) is 17.8 Å². The summed E-state index contributed by atoms with van der Waals surface area (Å²) in [5.41, 5.74) is 1.05. The Morgan fingerprint density at radius 3 is 1.90 bits per heavy atom. The summed E-state index contributed by atoms with van der Waals surface area (Å²) in [5.74, 6) is -0.473. The first-order chi connectivity index (χ1) is 13.4. The van der Waals surface area contributed by atoms with E-state index in [1.54, 1.807) is 36.4 Å². The van der Waals surface area contributed by atoms with Gasteiger partial charge < -0.3 is 10.6 Å². The van der Waals surface area contributed by atoms with E-state index >= 15 is 0 Å². The molecule has 0 heterocycles. The second-order valence-electron chi connectivity index (χ2n) is 7.65. The topological polar surface area (TPSA) is 92.3 Å². The highest BCUT2D eigenvalue weighted by Gasteiger charge is 2.42. The van der Waals surface area contributed by atoms with Gasteiger partial charge in [-0.3, -0.25) is 9.59 Å². The molecule has 0 bridgehead atoms. The second kappa shape index (κ2) is 9.09. The Morgan fingerprint density at radius 1 is 0.931 bits per heavy atom. The number of halogens is 1. The molecule has 2 N–H and O–H groups in total. The van der Waals surface area contributed by atoms with Crippen molar-refractivity contribution >= 4 is 49.0 Å². The number of hydrogen-bond donors (Lipinski definition) is 2. The van der Waals surface area contributed by atoms with Gasteiger partial charge in [0.2, 0.25) is 11.8 Å². The molecule has 0 saturated heterocycles. The maximum absolute atomic E-state index is 12.9. The Balaban J connectivity index is 2.12. The van der Waals surface area contributed by atoms with Crippen LogP contribution in [0.5, 0.6) is 0 Å². The van der Waals surface area contributed by atoms with Gasteiger partial charge in [-0.05, 0) is 68.3 Å². The number of carbonyl (C=O) groups is 2. The number of anilines is 2. The third kappa shape index (κ3) is 5.67. The van der Waals surface area contributed by atoms with Crippen molar-refractivity contribution in [2.24, 2.45) is 5.92 Å². The van der Waals surface area contributed by atoms with E-state index in [1.165, 1.54) is 26.0 Å². The summed E-state index contributed by atoms with van der Waals surface area (Å²) >= 11 is 3.27. The third-order valence-corrected chi connectivity index (χ3v) is 7.31. The minimum Gasteiger partial charge on any atom is -0.326 e. The van der Waals surface area contributed by atoms with Crippen molar-refractivity contribution in [3.63, 3.8) is 0 Å².